The van der Waals surface area contributed by atoms with E-state index < -0.39 is 11.9 Å². The zero-order valence-electron chi connectivity index (χ0n) is 29.7. The summed E-state index contributed by atoms with van der Waals surface area (Å²) in [6, 6.07) is 21.7. The number of fused-ring (bicyclic) bond motifs is 2. The molecule has 1 saturated heterocycles. The molecule has 0 aliphatic carbocycles. The van der Waals surface area contributed by atoms with Crippen LogP contribution in [0, 0.1) is 6.92 Å². The van der Waals surface area contributed by atoms with Crippen LogP contribution in [0.2, 0.25) is 0 Å². The van der Waals surface area contributed by atoms with E-state index in [1.807, 2.05) is 60.6 Å². The maximum Gasteiger partial charge on any atom is 0.354 e. The number of benzene rings is 3. The Balaban J connectivity index is 0.877. The Morgan fingerprint density at radius 3 is 2.38 bits per heavy atom. The highest BCUT2D eigenvalue weighted by molar-refractivity contribution is 6.04. The van der Waals surface area contributed by atoms with Crippen molar-refractivity contribution in [3.8, 4) is 28.0 Å². The number of methoxy groups -OCH3 is 1. The average molecular weight is 714 g/mol. The zero-order chi connectivity index (χ0) is 37.1. The van der Waals surface area contributed by atoms with Crippen LogP contribution in [-0.2, 0) is 16.6 Å². The highest BCUT2D eigenvalue weighted by atomic mass is 16.5. The molecule has 0 saturated carbocycles. The molecule has 2 aliphatic rings. The minimum absolute atomic E-state index is 0.0131. The molecule has 2 aliphatic heterocycles. The summed E-state index contributed by atoms with van der Waals surface area (Å²) in [6.45, 7) is 3.00. The highest BCUT2D eigenvalue weighted by Gasteiger charge is 2.32. The Hall–Kier alpha value is -6.43. The van der Waals surface area contributed by atoms with Gasteiger partial charge in [-0.15, -0.1) is 0 Å². The maximum atomic E-state index is 13.0. The number of rotatable bonds is 11. The second kappa shape index (κ2) is 15.0. The molecule has 53 heavy (non-hydrogen) atoms. The summed E-state index contributed by atoms with van der Waals surface area (Å²) < 4.78 is 18.1. The van der Waals surface area contributed by atoms with E-state index in [2.05, 4.69) is 15.6 Å². The summed E-state index contributed by atoms with van der Waals surface area (Å²) in [7, 11) is 3.12. The van der Waals surface area contributed by atoms with Crippen LogP contribution in [0.4, 0.5) is 17.1 Å². The van der Waals surface area contributed by atoms with Gasteiger partial charge in [-0.3, -0.25) is 19.4 Å². The third kappa shape index (κ3) is 7.62. The minimum Gasteiger partial charge on any atom is -0.493 e. The molecule has 7 rings (SSSR count). The quantitative estimate of drug-likeness (QED) is 0.107. The molecule has 0 unspecified atom stereocenters. The summed E-state index contributed by atoms with van der Waals surface area (Å²) in [6.07, 6.45) is 7.91. The number of nitrogens with zero attached hydrogens (tertiary/aromatic N) is 3. The van der Waals surface area contributed by atoms with Crippen molar-refractivity contribution >= 4 is 47.0 Å². The van der Waals surface area contributed by atoms with Crippen molar-refractivity contribution in [2.75, 3.05) is 30.9 Å². The van der Waals surface area contributed by atoms with E-state index in [9.17, 15) is 19.2 Å². The molecule has 5 aromatic rings. The topological polar surface area (TPSA) is 144 Å². The number of aromatic nitrogens is 1. The molecular weight excluding hydrogens is 674 g/mol. The number of ether oxygens (including phenoxy) is 2. The lowest BCUT2D eigenvalue weighted by atomic mass is 10.1. The van der Waals surface area contributed by atoms with Gasteiger partial charge in [0.2, 0.25) is 5.91 Å². The fourth-order valence-corrected chi connectivity index (χ4v) is 6.59. The van der Waals surface area contributed by atoms with Crippen LogP contribution in [0.5, 0.6) is 5.75 Å². The van der Waals surface area contributed by atoms with Gasteiger partial charge < -0.3 is 34.0 Å². The molecule has 1 atom stereocenters. The van der Waals surface area contributed by atoms with Crippen LogP contribution >= 0.6 is 0 Å². The number of esters is 1. The van der Waals surface area contributed by atoms with Crippen molar-refractivity contribution in [1.29, 1.82) is 0 Å². The van der Waals surface area contributed by atoms with Crippen molar-refractivity contribution in [3.63, 3.8) is 0 Å². The van der Waals surface area contributed by atoms with E-state index in [-0.39, 0.29) is 30.0 Å². The van der Waals surface area contributed by atoms with Crippen LogP contribution in [0.1, 0.15) is 62.6 Å². The normalized spacial score (nSPS) is 14.7. The summed E-state index contributed by atoms with van der Waals surface area (Å²) >= 11 is 0. The zero-order valence-corrected chi connectivity index (χ0v) is 29.7. The molecule has 1 fully saturated rings. The summed E-state index contributed by atoms with van der Waals surface area (Å²) in [5.74, 6) is -0.133. The van der Waals surface area contributed by atoms with Crippen molar-refractivity contribution < 1.29 is 33.1 Å². The first-order valence-electron chi connectivity index (χ1n) is 17.4. The molecule has 0 spiro atoms. The van der Waals surface area contributed by atoms with Crippen LogP contribution < -0.4 is 15.4 Å². The molecule has 4 heterocycles. The fraction of sp³-hybridized carbons (Fsp3) is 0.244. The van der Waals surface area contributed by atoms with Gasteiger partial charge in [0.1, 0.15) is 11.4 Å². The standard InChI is InChI=1S/C41H39N5O7/c1-25-18-33-34(42-22-32-6-4-16-46(32)40(33)49)21-36(25)52-17-5-7-38(47)43-30-12-10-27(11-13-30)29-20-37(53-24-29)39(48)44-31-14-8-26(9-15-31)28-19-35(41(50)51-3)45(2)23-28/h8-15,18-24,32H,4-7,16-17H2,1-3H3,(H,43,47)(H,44,48)/t32-/m0/s1. The van der Waals surface area contributed by atoms with Gasteiger partial charge in [-0.25, -0.2) is 4.79 Å². The predicted molar refractivity (Wildman–Crippen MR) is 201 cm³/mol. The van der Waals surface area contributed by atoms with Crippen molar-refractivity contribution in [2.45, 2.75) is 38.6 Å². The minimum atomic E-state index is -0.415. The van der Waals surface area contributed by atoms with E-state index in [0.717, 1.165) is 47.2 Å². The number of nitrogens with one attached hydrogen (secondary N) is 2. The van der Waals surface area contributed by atoms with Crippen molar-refractivity contribution in [1.82, 2.24) is 9.47 Å². The first-order valence-corrected chi connectivity index (χ1v) is 17.4. The van der Waals surface area contributed by atoms with E-state index >= 15 is 0 Å². The molecule has 2 N–H and O–H groups in total. The van der Waals surface area contributed by atoms with E-state index in [4.69, 9.17) is 13.9 Å². The van der Waals surface area contributed by atoms with Gasteiger partial charge in [0.05, 0.1) is 37.3 Å². The number of aryl methyl sites for hydroxylation is 2. The molecule has 3 aromatic carbocycles. The monoisotopic (exact) mass is 713 g/mol. The number of hydrogen-bond acceptors (Lipinski definition) is 8. The molecule has 3 amide bonds. The van der Waals surface area contributed by atoms with E-state index in [1.54, 1.807) is 48.0 Å². The van der Waals surface area contributed by atoms with E-state index in [1.165, 1.54) is 13.4 Å². The molecular formula is C41H39N5O7. The Kier molecular flexibility index (Phi) is 9.93. The molecule has 270 valence electrons. The largest absolute Gasteiger partial charge is 0.493 e. The number of hydrogen-bond donors (Lipinski definition) is 2. The number of carbonyl (C=O) groups is 4. The number of amides is 3. The second-order valence-electron chi connectivity index (χ2n) is 13.1. The van der Waals surface area contributed by atoms with Crippen molar-refractivity contribution in [2.24, 2.45) is 12.0 Å². The lowest BCUT2D eigenvalue weighted by molar-refractivity contribution is -0.116. The average Bonchev–Trinajstić information content (AvgIpc) is 3.92. The SMILES string of the molecule is COC(=O)c1cc(-c2ccc(NC(=O)c3cc(-c4ccc(NC(=O)CCCOc5cc6c(cc5C)C(=O)N5CCC[C@H]5C=N6)cc4)co3)cc2)cn1C. The van der Waals surface area contributed by atoms with Gasteiger partial charge in [0, 0.05) is 61.0 Å². The van der Waals surface area contributed by atoms with Gasteiger partial charge in [0.25, 0.3) is 11.8 Å². The first kappa shape index (κ1) is 35.0. The molecule has 0 radical (unpaired) electrons. The Morgan fingerprint density at radius 2 is 1.64 bits per heavy atom. The number of anilines is 2. The molecule has 2 aromatic heterocycles. The number of aliphatic imine (C=N–C) groups is 1. The first-order chi connectivity index (χ1) is 25.7. The Bertz CT molecular complexity index is 2220. The van der Waals surface area contributed by atoms with Gasteiger partial charge in [-0.1, -0.05) is 24.3 Å². The second-order valence-corrected chi connectivity index (χ2v) is 13.1. The smallest absolute Gasteiger partial charge is 0.354 e. The molecule has 12 heteroatoms. The van der Waals surface area contributed by atoms with Crippen LogP contribution in [0.25, 0.3) is 22.3 Å². The van der Waals surface area contributed by atoms with E-state index in [0.29, 0.717) is 47.1 Å². The maximum absolute atomic E-state index is 13.0. The number of furan rings is 1. The van der Waals surface area contributed by atoms with Gasteiger partial charge >= 0.3 is 5.97 Å². The third-order valence-electron chi connectivity index (χ3n) is 9.48. The summed E-state index contributed by atoms with van der Waals surface area (Å²) in [4.78, 5) is 57.1. The fourth-order valence-electron chi connectivity index (χ4n) is 6.59. The van der Waals surface area contributed by atoms with Crippen molar-refractivity contribution in [3.05, 3.63) is 108 Å². The lowest BCUT2D eigenvalue weighted by Crippen LogP contribution is -2.35. The molecule has 12 nitrogen and oxygen atoms in total. The number of carbonyl (C=O) groups excluding carboxylic acids is 4. The lowest BCUT2D eigenvalue weighted by Gasteiger charge is -2.20. The molecule has 0 bridgehead atoms. The predicted octanol–water partition coefficient (Wildman–Crippen LogP) is 7.42. The van der Waals surface area contributed by atoms with Crippen LogP contribution in [0.15, 0.2) is 94.7 Å². The van der Waals surface area contributed by atoms with Gasteiger partial charge in [-0.05, 0) is 85.3 Å². The summed E-state index contributed by atoms with van der Waals surface area (Å²) in [5.41, 5.74) is 7.01. The van der Waals surface area contributed by atoms with Gasteiger partial charge in [0.15, 0.2) is 5.76 Å². The highest BCUT2D eigenvalue weighted by Crippen LogP contribution is 2.34. The van der Waals surface area contributed by atoms with Crippen LogP contribution in [0.3, 0.4) is 0 Å². The van der Waals surface area contributed by atoms with Gasteiger partial charge in [-0.2, -0.15) is 0 Å². The third-order valence-corrected chi connectivity index (χ3v) is 9.48. The summed E-state index contributed by atoms with van der Waals surface area (Å²) in [5, 5.41) is 5.76. The van der Waals surface area contributed by atoms with Crippen LogP contribution in [-0.4, -0.2) is 65.7 Å². The Morgan fingerprint density at radius 1 is 0.925 bits per heavy atom. The Labute approximate surface area is 306 Å².